The van der Waals surface area contributed by atoms with Crippen molar-refractivity contribution in [1.29, 1.82) is 0 Å². The second-order valence-electron chi connectivity index (χ2n) is 8.68. The van der Waals surface area contributed by atoms with Gasteiger partial charge < -0.3 is 14.6 Å². The van der Waals surface area contributed by atoms with Crippen molar-refractivity contribution in [2.75, 3.05) is 14.2 Å². The molecule has 0 saturated heterocycles. The first-order chi connectivity index (χ1) is 19.0. The first-order valence-corrected chi connectivity index (χ1v) is 14.4. The molecule has 0 heterocycles. The molecule has 0 saturated carbocycles. The van der Waals surface area contributed by atoms with Gasteiger partial charge in [0.1, 0.15) is 11.5 Å². The molecule has 39 heavy (non-hydrogen) atoms. The van der Waals surface area contributed by atoms with Gasteiger partial charge in [0.25, 0.3) is 0 Å². The first-order valence-electron chi connectivity index (χ1n) is 12.7. The third-order valence-electron chi connectivity index (χ3n) is 6.44. The number of methoxy groups -OCH3 is 2. The highest BCUT2D eigenvalue weighted by molar-refractivity contribution is 7.87. The standard InChI is InChI=1S/C33H32NO4P/c1-4-25(23-24-29-30(37-2)21-14-22-31(29)38-3)32(33(35)36)34-39(26-15-8-5-9-16-26,27-17-10-6-11-18-27)28-19-12-7-13-20-28/h5-24H,4H2,1-3H3,(H,35,36). The minimum absolute atomic E-state index is 0.0347. The Morgan fingerprint density at radius 1 is 0.744 bits per heavy atom. The second kappa shape index (κ2) is 12.9. The number of nitrogens with zero attached hydrogens (tertiary/aromatic N) is 1. The molecule has 5 nitrogen and oxygen atoms in total. The van der Waals surface area contributed by atoms with E-state index in [0.29, 0.717) is 23.5 Å². The normalized spacial score (nSPS) is 12.1. The van der Waals surface area contributed by atoms with Crippen molar-refractivity contribution in [1.82, 2.24) is 0 Å². The lowest BCUT2D eigenvalue weighted by Gasteiger charge is -2.27. The maximum atomic E-state index is 12.9. The van der Waals surface area contributed by atoms with Gasteiger partial charge >= 0.3 is 5.97 Å². The molecule has 0 unspecified atom stereocenters. The van der Waals surface area contributed by atoms with Crippen molar-refractivity contribution in [3.8, 4) is 11.5 Å². The molecule has 0 fully saturated rings. The van der Waals surface area contributed by atoms with E-state index in [4.69, 9.17) is 14.2 Å². The van der Waals surface area contributed by atoms with Gasteiger partial charge in [0.05, 0.1) is 26.8 Å². The smallest absolute Gasteiger partial charge is 0.354 e. The van der Waals surface area contributed by atoms with Crippen molar-refractivity contribution >= 4 is 35.0 Å². The number of carbonyl (C=O) groups is 1. The van der Waals surface area contributed by atoms with Gasteiger partial charge in [-0.15, -0.1) is 0 Å². The van der Waals surface area contributed by atoms with Crippen LogP contribution in [-0.2, 0) is 4.79 Å². The summed E-state index contributed by atoms with van der Waals surface area (Å²) in [6, 6.07) is 35.5. The molecule has 4 aromatic carbocycles. The predicted octanol–water partition coefficient (Wildman–Crippen LogP) is 6.64. The van der Waals surface area contributed by atoms with Crippen molar-refractivity contribution in [2.24, 2.45) is 4.74 Å². The SMILES string of the molecule is CCC(C=Cc1c(OC)cccc1OC)=C(N=P(c1ccccc1)(c1ccccc1)c1ccccc1)C(=O)O. The van der Waals surface area contributed by atoms with E-state index < -0.39 is 13.0 Å². The summed E-state index contributed by atoms with van der Waals surface area (Å²) in [5.41, 5.74) is 1.36. The van der Waals surface area contributed by atoms with E-state index >= 15 is 0 Å². The molecule has 4 aromatic rings. The number of aliphatic carboxylic acids is 1. The molecule has 0 bridgehead atoms. The number of rotatable bonds is 10. The molecule has 4 rings (SSSR count). The molecule has 6 heteroatoms. The molecule has 0 aliphatic heterocycles. The zero-order chi connectivity index (χ0) is 27.7. The number of hydrogen-bond donors (Lipinski definition) is 1. The van der Waals surface area contributed by atoms with Crippen LogP contribution >= 0.6 is 7.05 Å². The lowest BCUT2D eigenvalue weighted by Crippen LogP contribution is -2.26. The number of hydrogen-bond acceptors (Lipinski definition) is 4. The third-order valence-corrected chi connectivity index (χ3v) is 10.1. The minimum atomic E-state index is -2.75. The van der Waals surface area contributed by atoms with Gasteiger partial charge in [-0.1, -0.05) is 110 Å². The van der Waals surface area contributed by atoms with Crippen LogP contribution < -0.4 is 25.4 Å². The molecule has 0 spiro atoms. The predicted molar refractivity (Wildman–Crippen MR) is 161 cm³/mol. The van der Waals surface area contributed by atoms with Gasteiger partial charge in [0.2, 0.25) is 0 Å². The summed E-state index contributed by atoms with van der Waals surface area (Å²) in [5.74, 6) is 0.194. The van der Waals surface area contributed by atoms with Gasteiger partial charge in [0.15, 0.2) is 5.70 Å². The topological polar surface area (TPSA) is 68.1 Å². The van der Waals surface area contributed by atoms with Crippen LogP contribution in [0, 0.1) is 0 Å². The van der Waals surface area contributed by atoms with E-state index in [-0.39, 0.29) is 5.70 Å². The van der Waals surface area contributed by atoms with E-state index in [9.17, 15) is 9.90 Å². The Hall–Kier alpha value is -4.34. The number of carboxylic acids is 1. The number of carboxylic acid groups (broad SMARTS) is 1. The van der Waals surface area contributed by atoms with Gasteiger partial charge in [0, 0.05) is 15.9 Å². The number of benzene rings is 4. The summed E-state index contributed by atoms with van der Waals surface area (Å²) in [6.45, 7) is 1.94. The molecule has 0 aliphatic carbocycles. The van der Waals surface area contributed by atoms with Crippen LogP contribution in [0.1, 0.15) is 18.9 Å². The van der Waals surface area contributed by atoms with Crippen LogP contribution in [0.4, 0.5) is 0 Å². The summed E-state index contributed by atoms with van der Waals surface area (Å²) in [6.07, 6.45) is 4.11. The van der Waals surface area contributed by atoms with E-state index in [2.05, 4.69) is 0 Å². The fourth-order valence-electron chi connectivity index (χ4n) is 4.54. The molecular formula is C33H32NO4P. The van der Waals surface area contributed by atoms with E-state index in [0.717, 1.165) is 21.5 Å². The first kappa shape index (κ1) is 27.7. The van der Waals surface area contributed by atoms with E-state index in [1.54, 1.807) is 14.2 Å². The van der Waals surface area contributed by atoms with E-state index in [1.165, 1.54) is 0 Å². The van der Waals surface area contributed by atoms with Crippen LogP contribution in [0.25, 0.3) is 6.08 Å². The Balaban J connectivity index is 2.07. The lowest BCUT2D eigenvalue weighted by molar-refractivity contribution is -0.132. The fraction of sp³-hybridized carbons (Fsp3) is 0.121. The van der Waals surface area contributed by atoms with Crippen molar-refractivity contribution < 1.29 is 19.4 Å². The van der Waals surface area contributed by atoms with Crippen LogP contribution in [0.3, 0.4) is 0 Å². The largest absolute Gasteiger partial charge is 0.496 e. The molecule has 198 valence electrons. The Labute approximate surface area is 230 Å². The van der Waals surface area contributed by atoms with Gasteiger partial charge in [-0.2, -0.15) is 0 Å². The lowest BCUT2D eigenvalue weighted by atomic mass is 10.1. The average Bonchev–Trinajstić information content (AvgIpc) is 3.00. The zero-order valence-electron chi connectivity index (χ0n) is 22.3. The molecule has 0 atom stereocenters. The van der Waals surface area contributed by atoms with Crippen LogP contribution in [0.5, 0.6) is 11.5 Å². The van der Waals surface area contributed by atoms with Crippen LogP contribution in [0.15, 0.2) is 131 Å². The molecule has 0 aromatic heterocycles. The van der Waals surface area contributed by atoms with Crippen molar-refractivity contribution in [2.45, 2.75) is 13.3 Å². The van der Waals surface area contributed by atoms with Gasteiger partial charge in [-0.05, 0) is 30.2 Å². The van der Waals surface area contributed by atoms with Gasteiger partial charge in [-0.3, -0.25) is 0 Å². The fourth-order valence-corrected chi connectivity index (χ4v) is 8.10. The molecular weight excluding hydrogens is 505 g/mol. The summed E-state index contributed by atoms with van der Waals surface area (Å²) < 4.78 is 16.3. The Morgan fingerprint density at radius 2 is 1.18 bits per heavy atom. The number of ether oxygens (including phenoxy) is 2. The van der Waals surface area contributed by atoms with Crippen LogP contribution in [0.2, 0.25) is 0 Å². The Bertz CT molecular complexity index is 1400. The van der Waals surface area contributed by atoms with Crippen molar-refractivity contribution in [3.63, 3.8) is 0 Å². The Morgan fingerprint density at radius 3 is 1.54 bits per heavy atom. The molecule has 0 amide bonds. The monoisotopic (exact) mass is 537 g/mol. The number of allylic oxidation sites excluding steroid dienone is 2. The maximum Gasteiger partial charge on any atom is 0.354 e. The quantitative estimate of drug-likeness (QED) is 0.140. The minimum Gasteiger partial charge on any atom is -0.496 e. The van der Waals surface area contributed by atoms with Gasteiger partial charge in [-0.25, -0.2) is 9.54 Å². The highest BCUT2D eigenvalue weighted by Gasteiger charge is 2.29. The third kappa shape index (κ3) is 5.89. The Kier molecular flexibility index (Phi) is 9.19. The van der Waals surface area contributed by atoms with E-state index in [1.807, 2.05) is 128 Å². The average molecular weight is 538 g/mol. The highest BCUT2D eigenvalue weighted by Crippen LogP contribution is 2.48. The maximum absolute atomic E-state index is 12.9. The summed E-state index contributed by atoms with van der Waals surface area (Å²) in [4.78, 5) is 12.9. The summed E-state index contributed by atoms with van der Waals surface area (Å²) in [5, 5.41) is 13.5. The summed E-state index contributed by atoms with van der Waals surface area (Å²) in [7, 11) is 0.439. The summed E-state index contributed by atoms with van der Waals surface area (Å²) >= 11 is 0. The molecule has 1 N–H and O–H groups in total. The van der Waals surface area contributed by atoms with Crippen molar-refractivity contribution in [3.05, 3.63) is 132 Å². The van der Waals surface area contributed by atoms with Crippen LogP contribution in [-0.4, -0.2) is 25.3 Å². The highest BCUT2D eigenvalue weighted by atomic mass is 31.2. The molecule has 0 aliphatic rings. The molecule has 0 radical (unpaired) electrons. The zero-order valence-corrected chi connectivity index (χ0v) is 23.2. The second-order valence-corrected chi connectivity index (χ2v) is 11.7.